The van der Waals surface area contributed by atoms with Crippen LogP contribution in [0.4, 0.5) is 0 Å². The highest BCUT2D eigenvalue weighted by atomic mass is 16.5. The minimum absolute atomic E-state index is 0.0547. The second kappa shape index (κ2) is 5.21. The van der Waals surface area contributed by atoms with Crippen molar-refractivity contribution in [1.82, 2.24) is 4.90 Å². The number of amides is 2. The fraction of sp³-hybridized carbons (Fsp3) is 0.429. The lowest BCUT2D eigenvalue weighted by molar-refractivity contribution is -0.152. The number of carbonyl (C=O) groups is 2. The molecule has 1 aromatic carbocycles. The van der Waals surface area contributed by atoms with Gasteiger partial charge in [-0.3, -0.25) is 14.5 Å². The van der Waals surface area contributed by atoms with Crippen molar-refractivity contribution in [1.29, 1.82) is 0 Å². The number of hydrogen-bond donors (Lipinski definition) is 0. The van der Waals surface area contributed by atoms with Crippen LogP contribution in [0.1, 0.15) is 25.3 Å². The Morgan fingerprint density at radius 2 is 1.94 bits per heavy atom. The molecule has 2 rings (SSSR count). The average molecular weight is 247 g/mol. The Morgan fingerprint density at radius 1 is 1.28 bits per heavy atom. The Kier molecular flexibility index (Phi) is 3.65. The molecule has 1 fully saturated rings. The van der Waals surface area contributed by atoms with Crippen LogP contribution in [0, 0.1) is 5.92 Å². The first kappa shape index (κ1) is 12.6. The minimum atomic E-state index is -0.0751. The highest BCUT2D eigenvalue weighted by Crippen LogP contribution is 2.21. The Morgan fingerprint density at radius 3 is 2.56 bits per heavy atom. The summed E-state index contributed by atoms with van der Waals surface area (Å²) in [5, 5.41) is 0. The van der Waals surface area contributed by atoms with Crippen molar-refractivity contribution in [3.05, 3.63) is 29.8 Å². The van der Waals surface area contributed by atoms with Crippen LogP contribution in [0.15, 0.2) is 24.3 Å². The number of carbonyl (C=O) groups excluding carboxylic acids is 2. The van der Waals surface area contributed by atoms with E-state index in [0.29, 0.717) is 19.4 Å². The molecule has 1 unspecified atom stereocenters. The minimum Gasteiger partial charge on any atom is -0.497 e. The van der Waals surface area contributed by atoms with E-state index < -0.39 is 0 Å². The van der Waals surface area contributed by atoms with Gasteiger partial charge < -0.3 is 4.74 Å². The van der Waals surface area contributed by atoms with E-state index in [-0.39, 0.29) is 17.7 Å². The van der Waals surface area contributed by atoms with Gasteiger partial charge in [-0.2, -0.15) is 0 Å². The number of ether oxygens (including phenoxy) is 1. The maximum absolute atomic E-state index is 11.9. The zero-order valence-corrected chi connectivity index (χ0v) is 10.7. The fourth-order valence-corrected chi connectivity index (χ4v) is 2.07. The second-order valence-electron chi connectivity index (χ2n) is 4.61. The van der Waals surface area contributed by atoms with Gasteiger partial charge in [0.1, 0.15) is 5.75 Å². The Labute approximate surface area is 107 Å². The molecule has 1 heterocycles. The van der Waals surface area contributed by atoms with Crippen molar-refractivity contribution >= 4 is 11.8 Å². The molecule has 1 aliphatic rings. The van der Waals surface area contributed by atoms with Gasteiger partial charge in [0.15, 0.2) is 0 Å². The largest absolute Gasteiger partial charge is 0.497 e. The molecule has 1 atom stereocenters. The molecule has 18 heavy (non-hydrogen) atoms. The van der Waals surface area contributed by atoms with Crippen LogP contribution < -0.4 is 4.74 Å². The molecule has 1 aromatic rings. The number of rotatable bonds is 3. The van der Waals surface area contributed by atoms with Crippen molar-refractivity contribution in [2.75, 3.05) is 7.11 Å². The van der Waals surface area contributed by atoms with E-state index in [4.69, 9.17) is 4.74 Å². The summed E-state index contributed by atoms with van der Waals surface area (Å²) in [6.07, 6.45) is 1.12. The number of likely N-dealkylation sites (tertiary alicyclic amines) is 1. The third-order valence-electron chi connectivity index (χ3n) is 3.28. The van der Waals surface area contributed by atoms with Crippen molar-refractivity contribution in [2.24, 2.45) is 5.92 Å². The molecule has 0 spiro atoms. The Balaban J connectivity index is 2.11. The first-order valence-electron chi connectivity index (χ1n) is 6.09. The molecule has 0 aromatic heterocycles. The van der Waals surface area contributed by atoms with Gasteiger partial charge in [0.05, 0.1) is 13.7 Å². The lowest BCUT2D eigenvalue weighted by Crippen LogP contribution is -2.43. The van der Waals surface area contributed by atoms with Crippen LogP contribution in [-0.4, -0.2) is 23.8 Å². The Hall–Kier alpha value is -1.84. The molecule has 4 nitrogen and oxygen atoms in total. The molecule has 1 saturated heterocycles. The highest BCUT2D eigenvalue weighted by molar-refractivity contribution is 5.98. The number of hydrogen-bond acceptors (Lipinski definition) is 3. The van der Waals surface area contributed by atoms with Crippen LogP contribution in [0.25, 0.3) is 0 Å². The third-order valence-corrected chi connectivity index (χ3v) is 3.28. The molecule has 0 saturated carbocycles. The standard InChI is InChI=1S/C14H17NO3/c1-10-3-8-13(16)15(14(10)17)9-11-4-6-12(18-2)7-5-11/h4-7,10H,3,8-9H2,1-2H3. The zero-order chi connectivity index (χ0) is 13.1. The van der Waals surface area contributed by atoms with Gasteiger partial charge in [0.25, 0.3) is 0 Å². The van der Waals surface area contributed by atoms with Crippen molar-refractivity contribution in [2.45, 2.75) is 26.3 Å². The predicted octanol–water partition coefficient (Wildman–Crippen LogP) is 1.98. The summed E-state index contributed by atoms with van der Waals surface area (Å²) in [4.78, 5) is 25.1. The van der Waals surface area contributed by atoms with Crippen LogP contribution in [-0.2, 0) is 16.1 Å². The monoisotopic (exact) mass is 247 g/mol. The molecular formula is C14H17NO3. The van der Waals surface area contributed by atoms with E-state index in [2.05, 4.69) is 0 Å². The smallest absolute Gasteiger partial charge is 0.232 e. The molecule has 0 radical (unpaired) electrons. The molecule has 2 amide bonds. The maximum Gasteiger partial charge on any atom is 0.232 e. The second-order valence-corrected chi connectivity index (χ2v) is 4.61. The zero-order valence-electron chi connectivity index (χ0n) is 10.7. The molecule has 0 bridgehead atoms. The number of methoxy groups -OCH3 is 1. The molecule has 4 heteroatoms. The summed E-state index contributed by atoms with van der Waals surface area (Å²) in [5.74, 6) is 0.570. The summed E-state index contributed by atoms with van der Waals surface area (Å²) in [5.41, 5.74) is 0.937. The van der Waals surface area contributed by atoms with Crippen molar-refractivity contribution < 1.29 is 14.3 Å². The molecular weight excluding hydrogens is 230 g/mol. The van der Waals surface area contributed by atoms with Crippen molar-refractivity contribution in [3.8, 4) is 5.75 Å². The fourth-order valence-electron chi connectivity index (χ4n) is 2.07. The van der Waals surface area contributed by atoms with Gasteiger partial charge in [-0.15, -0.1) is 0 Å². The normalized spacial score (nSPS) is 20.1. The van der Waals surface area contributed by atoms with Crippen LogP contribution >= 0.6 is 0 Å². The van der Waals surface area contributed by atoms with E-state index in [1.807, 2.05) is 31.2 Å². The summed E-state index contributed by atoms with van der Waals surface area (Å²) >= 11 is 0. The summed E-state index contributed by atoms with van der Waals surface area (Å²) in [6.45, 7) is 2.22. The van der Waals surface area contributed by atoms with E-state index in [1.54, 1.807) is 7.11 Å². The highest BCUT2D eigenvalue weighted by Gasteiger charge is 2.31. The van der Waals surface area contributed by atoms with Gasteiger partial charge in [-0.1, -0.05) is 19.1 Å². The van der Waals surface area contributed by atoms with Gasteiger partial charge in [0.2, 0.25) is 11.8 Å². The summed E-state index contributed by atoms with van der Waals surface area (Å²) < 4.78 is 5.07. The lowest BCUT2D eigenvalue weighted by atomic mass is 9.98. The molecule has 96 valence electrons. The van der Waals surface area contributed by atoms with E-state index in [0.717, 1.165) is 11.3 Å². The van der Waals surface area contributed by atoms with Gasteiger partial charge in [-0.05, 0) is 24.1 Å². The first-order valence-corrected chi connectivity index (χ1v) is 6.09. The van der Waals surface area contributed by atoms with Gasteiger partial charge >= 0.3 is 0 Å². The quantitative estimate of drug-likeness (QED) is 0.767. The number of benzene rings is 1. The van der Waals surface area contributed by atoms with Gasteiger partial charge in [0, 0.05) is 12.3 Å². The maximum atomic E-state index is 11.9. The van der Waals surface area contributed by atoms with E-state index in [9.17, 15) is 9.59 Å². The average Bonchev–Trinajstić information content (AvgIpc) is 2.40. The van der Waals surface area contributed by atoms with Crippen LogP contribution in [0.5, 0.6) is 5.75 Å². The molecule has 0 aliphatic carbocycles. The first-order chi connectivity index (χ1) is 8.61. The number of nitrogens with zero attached hydrogens (tertiary/aromatic N) is 1. The summed E-state index contributed by atoms with van der Waals surface area (Å²) in [6, 6.07) is 7.41. The number of imide groups is 1. The van der Waals surface area contributed by atoms with Gasteiger partial charge in [-0.25, -0.2) is 0 Å². The SMILES string of the molecule is COc1ccc(CN2C(=O)CCC(C)C2=O)cc1. The molecule has 1 aliphatic heterocycles. The predicted molar refractivity (Wildman–Crippen MR) is 66.9 cm³/mol. The molecule has 0 N–H and O–H groups in total. The van der Waals surface area contributed by atoms with Crippen LogP contribution in [0.2, 0.25) is 0 Å². The number of piperidine rings is 1. The summed E-state index contributed by atoms with van der Waals surface area (Å²) in [7, 11) is 1.61. The van der Waals surface area contributed by atoms with E-state index >= 15 is 0 Å². The van der Waals surface area contributed by atoms with Crippen molar-refractivity contribution in [3.63, 3.8) is 0 Å². The Bertz CT molecular complexity index is 453. The van der Waals surface area contributed by atoms with Crippen LogP contribution in [0.3, 0.4) is 0 Å². The third kappa shape index (κ3) is 2.53. The topological polar surface area (TPSA) is 46.6 Å². The van der Waals surface area contributed by atoms with E-state index in [1.165, 1.54) is 4.90 Å². The lowest BCUT2D eigenvalue weighted by Gasteiger charge is -2.28.